The van der Waals surface area contributed by atoms with Gasteiger partial charge in [0.2, 0.25) is 0 Å². The van der Waals surface area contributed by atoms with E-state index in [1.165, 1.54) is 6.08 Å². The van der Waals surface area contributed by atoms with Gasteiger partial charge in [0.05, 0.1) is 12.2 Å². The van der Waals surface area contributed by atoms with E-state index in [2.05, 4.69) is 6.92 Å². The van der Waals surface area contributed by atoms with Crippen LogP contribution in [0.2, 0.25) is 0 Å². The molecule has 0 fully saturated rings. The van der Waals surface area contributed by atoms with Gasteiger partial charge in [-0.1, -0.05) is 75.2 Å². The molecule has 3 rings (SSSR count). The van der Waals surface area contributed by atoms with E-state index in [-0.39, 0.29) is 5.57 Å². The van der Waals surface area contributed by atoms with Crippen molar-refractivity contribution in [3.05, 3.63) is 95.1 Å². The molecule has 0 saturated heterocycles. The first-order valence-corrected chi connectivity index (χ1v) is 11.8. The van der Waals surface area contributed by atoms with E-state index in [9.17, 15) is 14.9 Å². The number of carbonyl (C=O) groups excluding carboxylic acids is 2. The summed E-state index contributed by atoms with van der Waals surface area (Å²) < 4.78 is 10.8. The smallest absolute Gasteiger partial charge is 0.354 e. The second-order valence-corrected chi connectivity index (χ2v) is 8.11. The summed E-state index contributed by atoms with van der Waals surface area (Å²) >= 11 is 0. The van der Waals surface area contributed by atoms with Gasteiger partial charge in [0.25, 0.3) is 0 Å². The molecule has 0 unspecified atom stereocenters. The summed E-state index contributed by atoms with van der Waals surface area (Å²) in [4.78, 5) is 25.4. The highest BCUT2D eigenvalue weighted by Gasteiger charge is 2.17. The fraction of sp³-hybridized carbons (Fsp3) is 0.233. The molecule has 0 heterocycles. The lowest BCUT2D eigenvalue weighted by atomic mass is 9.96. The summed E-state index contributed by atoms with van der Waals surface area (Å²) in [6, 6.07) is 23.8. The number of hydrogen-bond donors (Lipinski definition) is 0. The first-order chi connectivity index (χ1) is 17.0. The van der Waals surface area contributed by atoms with E-state index >= 15 is 0 Å². The molecule has 0 atom stereocenters. The van der Waals surface area contributed by atoms with Gasteiger partial charge < -0.3 is 9.47 Å². The average molecular weight is 468 g/mol. The quantitative estimate of drug-likeness (QED) is 0.108. The van der Waals surface area contributed by atoms with E-state index in [0.29, 0.717) is 29.0 Å². The topological polar surface area (TPSA) is 76.4 Å². The van der Waals surface area contributed by atoms with Gasteiger partial charge >= 0.3 is 11.9 Å². The van der Waals surface area contributed by atoms with Gasteiger partial charge in [0, 0.05) is 0 Å². The highest BCUT2D eigenvalue weighted by molar-refractivity contribution is 6.01. The molecule has 0 radical (unpaired) electrons. The number of esters is 2. The Morgan fingerprint density at radius 3 is 2.34 bits per heavy atom. The standard InChI is InChI=1S/C30H29NO4/c1-3-5-18-34-30(33)27-17-14-23(20-28(27)24-10-7-6-8-11-24)19-25(21-31)29(32)35-26-15-12-22(9-4-2)13-16-26/h6-8,10-17,19-20H,3-5,9,18H2,1-2H3. The Morgan fingerprint density at radius 1 is 0.943 bits per heavy atom. The van der Waals surface area contributed by atoms with Crippen LogP contribution in [0.5, 0.6) is 5.75 Å². The lowest BCUT2D eigenvalue weighted by Gasteiger charge is -2.11. The van der Waals surface area contributed by atoms with Gasteiger partial charge in [-0.15, -0.1) is 0 Å². The summed E-state index contributed by atoms with van der Waals surface area (Å²) in [5.41, 5.74) is 3.54. The van der Waals surface area contributed by atoms with Crippen molar-refractivity contribution in [3.8, 4) is 22.9 Å². The molecule has 35 heavy (non-hydrogen) atoms. The number of ether oxygens (including phenoxy) is 2. The average Bonchev–Trinajstić information content (AvgIpc) is 2.89. The van der Waals surface area contributed by atoms with Crippen molar-refractivity contribution >= 4 is 18.0 Å². The van der Waals surface area contributed by atoms with Gasteiger partial charge in [-0.2, -0.15) is 5.26 Å². The number of hydrogen-bond acceptors (Lipinski definition) is 5. The molecule has 5 nitrogen and oxygen atoms in total. The van der Waals surface area contributed by atoms with Gasteiger partial charge in [0.15, 0.2) is 0 Å². The number of nitriles is 1. The molecule has 0 aromatic heterocycles. The Labute approximate surface area is 206 Å². The zero-order chi connectivity index (χ0) is 25.0. The molecule has 178 valence electrons. The summed E-state index contributed by atoms with van der Waals surface area (Å²) in [5, 5.41) is 9.61. The van der Waals surface area contributed by atoms with Crippen molar-refractivity contribution in [3.63, 3.8) is 0 Å². The summed E-state index contributed by atoms with van der Waals surface area (Å²) in [6.07, 6.45) is 5.16. The van der Waals surface area contributed by atoms with E-state index in [1.807, 2.05) is 55.5 Å². The Kier molecular flexibility index (Phi) is 9.39. The van der Waals surface area contributed by atoms with Crippen LogP contribution in [-0.2, 0) is 16.0 Å². The molecule has 0 amide bonds. The van der Waals surface area contributed by atoms with Crippen LogP contribution >= 0.6 is 0 Å². The minimum atomic E-state index is -0.736. The van der Waals surface area contributed by atoms with Crippen LogP contribution in [0.4, 0.5) is 0 Å². The molecule has 3 aromatic carbocycles. The van der Waals surface area contributed by atoms with Gasteiger partial charge in [-0.3, -0.25) is 0 Å². The van der Waals surface area contributed by atoms with Crippen LogP contribution in [0.15, 0.2) is 78.4 Å². The third-order valence-corrected chi connectivity index (χ3v) is 5.40. The van der Waals surface area contributed by atoms with Crippen molar-refractivity contribution in [2.45, 2.75) is 39.5 Å². The highest BCUT2D eigenvalue weighted by Crippen LogP contribution is 2.27. The van der Waals surface area contributed by atoms with E-state index in [1.54, 1.807) is 30.3 Å². The van der Waals surface area contributed by atoms with Gasteiger partial charge in [0.1, 0.15) is 17.4 Å². The number of unbranched alkanes of at least 4 members (excludes halogenated alkanes) is 1. The van der Waals surface area contributed by atoms with Crippen molar-refractivity contribution in [2.75, 3.05) is 6.61 Å². The van der Waals surface area contributed by atoms with Gasteiger partial charge in [-0.25, -0.2) is 9.59 Å². The van der Waals surface area contributed by atoms with E-state index in [4.69, 9.17) is 9.47 Å². The first-order valence-electron chi connectivity index (χ1n) is 11.8. The van der Waals surface area contributed by atoms with Crippen LogP contribution in [0.1, 0.15) is 54.6 Å². The third kappa shape index (κ3) is 7.15. The number of rotatable bonds is 10. The largest absolute Gasteiger partial charge is 0.462 e. The van der Waals surface area contributed by atoms with Crippen LogP contribution in [0.25, 0.3) is 17.2 Å². The fourth-order valence-electron chi connectivity index (χ4n) is 3.55. The van der Waals surface area contributed by atoms with Gasteiger partial charge in [-0.05, 0) is 65.4 Å². The molecule has 0 aliphatic carbocycles. The number of nitrogens with zero attached hydrogens (tertiary/aromatic N) is 1. The normalized spacial score (nSPS) is 10.9. The predicted octanol–water partition coefficient (Wildman–Crippen LogP) is 6.78. The Bertz CT molecular complexity index is 1220. The van der Waals surface area contributed by atoms with Crippen LogP contribution in [0.3, 0.4) is 0 Å². The summed E-state index contributed by atoms with van der Waals surface area (Å²) in [6.45, 7) is 4.49. The van der Waals surface area contributed by atoms with Crippen molar-refractivity contribution in [1.82, 2.24) is 0 Å². The maximum absolute atomic E-state index is 12.7. The molecule has 0 aliphatic heterocycles. The molecule has 0 spiro atoms. The number of carbonyl (C=O) groups is 2. The lowest BCUT2D eigenvalue weighted by Crippen LogP contribution is -2.10. The maximum atomic E-state index is 12.7. The predicted molar refractivity (Wildman–Crippen MR) is 137 cm³/mol. The zero-order valence-electron chi connectivity index (χ0n) is 20.1. The van der Waals surface area contributed by atoms with Crippen molar-refractivity contribution in [1.29, 1.82) is 5.26 Å². The minimum Gasteiger partial charge on any atom is -0.462 e. The zero-order valence-corrected chi connectivity index (χ0v) is 20.1. The Balaban J connectivity index is 1.88. The van der Waals surface area contributed by atoms with Crippen LogP contribution < -0.4 is 4.74 Å². The summed E-state index contributed by atoms with van der Waals surface area (Å²) in [5.74, 6) is -0.759. The lowest BCUT2D eigenvalue weighted by molar-refractivity contribution is -0.129. The second-order valence-electron chi connectivity index (χ2n) is 8.11. The Morgan fingerprint density at radius 2 is 1.69 bits per heavy atom. The fourth-order valence-corrected chi connectivity index (χ4v) is 3.55. The SMILES string of the molecule is CCCCOC(=O)c1ccc(C=C(C#N)C(=O)Oc2ccc(CCC)cc2)cc1-c1ccccc1. The van der Waals surface area contributed by atoms with Crippen LogP contribution in [0, 0.1) is 11.3 Å². The van der Waals surface area contributed by atoms with Crippen LogP contribution in [-0.4, -0.2) is 18.5 Å². The van der Waals surface area contributed by atoms with E-state index in [0.717, 1.165) is 36.8 Å². The molecule has 0 saturated carbocycles. The Hall–Kier alpha value is -4.17. The molecule has 3 aromatic rings. The highest BCUT2D eigenvalue weighted by atomic mass is 16.5. The molecule has 0 aliphatic rings. The molecule has 0 N–H and O–H groups in total. The first kappa shape index (κ1) is 25.5. The molecular weight excluding hydrogens is 438 g/mol. The second kappa shape index (κ2) is 12.9. The number of benzene rings is 3. The van der Waals surface area contributed by atoms with Crippen molar-refractivity contribution in [2.24, 2.45) is 0 Å². The molecule has 5 heteroatoms. The minimum absolute atomic E-state index is 0.139. The summed E-state index contributed by atoms with van der Waals surface area (Å²) in [7, 11) is 0. The third-order valence-electron chi connectivity index (χ3n) is 5.40. The van der Waals surface area contributed by atoms with E-state index < -0.39 is 11.9 Å². The molecular formula is C30H29NO4. The van der Waals surface area contributed by atoms with Crippen molar-refractivity contribution < 1.29 is 19.1 Å². The maximum Gasteiger partial charge on any atom is 0.354 e. The monoisotopic (exact) mass is 467 g/mol. The molecule has 0 bridgehead atoms. The number of aryl methyl sites for hydroxylation is 1.